The van der Waals surface area contributed by atoms with Crippen LogP contribution in [0.1, 0.15) is 13.8 Å². The highest BCUT2D eigenvalue weighted by atomic mass is 16.2. The van der Waals surface area contributed by atoms with Crippen LogP contribution in [0.4, 0.5) is 9.59 Å². The van der Waals surface area contributed by atoms with Crippen molar-refractivity contribution in [1.82, 2.24) is 16.1 Å². The molecule has 1 fully saturated rings. The minimum absolute atomic E-state index is 0.124. The summed E-state index contributed by atoms with van der Waals surface area (Å²) >= 11 is 0. The standard InChI is InChI=1S/C4H9N3O.C3H4N2O2/c1-3(2)6-7-4(5)8;6-2-1-4-3(7)5-2/h1-2H3,(H3,5,7,8);1H2,(H2,4,5,6,7). The van der Waals surface area contributed by atoms with Crippen LogP contribution in [0.2, 0.25) is 0 Å². The van der Waals surface area contributed by atoms with E-state index in [9.17, 15) is 14.4 Å². The fourth-order valence-corrected chi connectivity index (χ4v) is 0.542. The average Bonchev–Trinajstić information content (AvgIpc) is 2.47. The lowest BCUT2D eigenvalue weighted by Crippen LogP contribution is -2.24. The van der Waals surface area contributed by atoms with Crippen molar-refractivity contribution in [1.29, 1.82) is 0 Å². The Kier molecular flexibility index (Phi) is 5.45. The van der Waals surface area contributed by atoms with E-state index in [1.807, 2.05) is 5.32 Å². The highest BCUT2D eigenvalue weighted by Gasteiger charge is 2.14. The van der Waals surface area contributed by atoms with Crippen LogP contribution in [0.5, 0.6) is 0 Å². The maximum Gasteiger partial charge on any atom is 0.332 e. The number of imide groups is 1. The summed E-state index contributed by atoms with van der Waals surface area (Å²) < 4.78 is 0. The van der Waals surface area contributed by atoms with Gasteiger partial charge in [-0.1, -0.05) is 0 Å². The number of amides is 5. The van der Waals surface area contributed by atoms with E-state index in [2.05, 4.69) is 21.6 Å². The molecule has 0 aromatic rings. The molecule has 5 amide bonds. The van der Waals surface area contributed by atoms with Crippen molar-refractivity contribution >= 4 is 23.7 Å². The van der Waals surface area contributed by atoms with E-state index in [-0.39, 0.29) is 12.5 Å². The van der Waals surface area contributed by atoms with Crippen LogP contribution in [0.25, 0.3) is 0 Å². The quantitative estimate of drug-likeness (QED) is 0.251. The Labute approximate surface area is 86.3 Å². The summed E-state index contributed by atoms with van der Waals surface area (Å²) in [5, 5.41) is 7.81. The molecule has 0 aromatic heterocycles. The van der Waals surface area contributed by atoms with Crippen molar-refractivity contribution in [3.8, 4) is 0 Å². The molecule has 1 saturated heterocycles. The molecule has 5 N–H and O–H groups in total. The number of rotatable bonds is 1. The Bertz CT molecular complexity index is 281. The van der Waals surface area contributed by atoms with E-state index < -0.39 is 12.1 Å². The first kappa shape index (κ1) is 12.9. The zero-order valence-electron chi connectivity index (χ0n) is 8.46. The Hall–Kier alpha value is -2.12. The molecule has 1 aliphatic rings. The molecule has 8 heteroatoms. The maximum atomic E-state index is 10.1. The van der Waals surface area contributed by atoms with Gasteiger partial charge in [0.05, 0.1) is 6.54 Å². The smallest absolute Gasteiger partial charge is 0.332 e. The lowest BCUT2D eigenvalue weighted by atomic mass is 10.5. The number of nitrogens with zero attached hydrogens (tertiary/aromatic N) is 1. The Balaban J connectivity index is 0.000000262. The van der Waals surface area contributed by atoms with Crippen molar-refractivity contribution < 1.29 is 14.4 Å². The number of carbonyl (C=O) groups excluding carboxylic acids is 3. The molecule has 0 aromatic carbocycles. The number of hydrogen-bond donors (Lipinski definition) is 4. The van der Waals surface area contributed by atoms with Gasteiger partial charge in [0, 0.05) is 5.71 Å². The molecule has 84 valence electrons. The predicted molar refractivity (Wildman–Crippen MR) is 53.0 cm³/mol. The largest absolute Gasteiger partial charge is 0.350 e. The van der Waals surface area contributed by atoms with Crippen LogP contribution in [0.15, 0.2) is 5.10 Å². The summed E-state index contributed by atoms with van der Waals surface area (Å²) in [6.45, 7) is 3.64. The molecule has 0 spiro atoms. The van der Waals surface area contributed by atoms with E-state index in [4.69, 9.17) is 0 Å². The molecule has 1 aliphatic heterocycles. The molecule has 15 heavy (non-hydrogen) atoms. The Morgan fingerprint density at radius 1 is 1.47 bits per heavy atom. The van der Waals surface area contributed by atoms with Crippen LogP contribution in [-0.2, 0) is 4.79 Å². The minimum Gasteiger partial charge on any atom is -0.350 e. The molecule has 1 rings (SSSR count). The van der Waals surface area contributed by atoms with E-state index >= 15 is 0 Å². The Morgan fingerprint density at radius 3 is 2.20 bits per heavy atom. The summed E-state index contributed by atoms with van der Waals surface area (Å²) in [5.74, 6) is -0.259. The summed E-state index contributed by atoms with van der Waals surface area (Å²) in [4.78, 5) is 30.0. The highest BCUT2D eigenvalue weighted by molar-refractivity contribution is 6.01. The van der Waals surface area contributed by atoms with Gasteiger partial charge in [0.15, 0.2) is 0 Å². The van der Waals surface area contributed by atoms with Gasteiger partial charge in [-0.15, -0.1) is 0 Å². The van der Waals surface area contributed by atoms with E-state index in [0.717, 1.165) is 5.71 Å². The average molecular weight is 215 g/mol. The van der Waals surface area contributed by atoms with Crippen molar-refractivity contribution in [2.75, 3.05) is 6.54 Å². The van der Waals surface area contributed by atoms with Gasteiger partial charge in [-0.05, 0) is 13.8 Å². The van der Waals surface area contributed by atoms with Gasteiger partial charge >= 0.3 is 12.1 Å². The number of primary amides is 1. The second-order valence-corrected chi connectivity index (χ2v) is 2.77. The monoisotopic (exact) mass is 215 g/mol. The SMILES string of the molecule is CC(C)=NNC(N)=O.O=C1CNC(=O)N1. The van der Waals surface area contributed by atoms with E-state index in [1.165, 1.54) is 0 Å². The fourth-order valence-electron chi connectivity index (χ4n) is 0.542. The van der Waals surface area contributed by atoms with E-state index in [1.54, 1.807) is 13.8 Å². The van der Waals surface area contributed by atoms with Crippen molar-refractivity contribution in [2.24, 2.45) is 10.8 Å². The molecule has 0 radical (unpaired) electrons. The summed E-state index contributed by atoms with van der Waals surface area (Å²) in [6.07, 6.45) is 0. The third-order valence-corrected chi connectivity index (χ3v) is 1.05. The predicted octanol–water partition coefficient (Wildman–Crippen LogP) is -1.12. The second-order valence-electron chi connectivity index (χ2n) is 2.77. The van der Waals surface area contributed by atoms with Crippen LogP contribution in [0, 0.1) is 0 Å². The number of urea groups is 2. The third kappa shape index (κ3) is 8.22. The molecular formula is C7H13N5O3. The Morgan fingerprint density at radius 2 is 2.07 bits per heavy atom. The molecule has 0 saturated carbocycles. The molecule has 0 unspecified atom stereocenters. The number of carbonyl (C=O) groups is 3. The fraction of sp³-hybridized carbons (Fsp3) is 0.429. The lowest BCUT2D eigenvalue weighted by Gasteiger charge is -1.89. The zero-order valence-corrected chi connectivity index (χ0v) is 8.46. The van der Waals surface area contributed by atoms with Gasteiger partial charge in [-0.3, -0.25) is 10.1 Å². The van der Waals surface area contributed by atoms with Gasteiger partial charge in [-0.2, -0.15) is 5.10 Å². The van der Waals surface area contributed by atoms with Gasteiger partial charge in [0.25, 0.3) is 0 Å². The van der Waals surface area contributed by atoms with Crippen LogP contribution in [0.3, 0.4) is 0 Å². The van der Waals surface area contributed by atoms with Crippen LogP contribution >= 0.6 is 0 Å². The van der Waals surface area contributed by atoms with E-state index in [0.29, 0.717) is 0 Å². The first-order valence-corrected chi connectivity index (χ1v) is 4.06. The van der Waals surface area contributed by atoms with Crippen molar-refractivity contribution in [3.05, 3.63) is 0 Å². The van der Waals surface area contributed by atoms with Crippen molar-refractivity contribution in [3.63, 3.8) is 0 Å². The van der Waals surface area contributed by atoms with Crippen LogP contribution in [-0.4, -0.2) is 30.2 Å². The van der Waals surface area contributed by atoms with Crippen molar-refractivity contribution in [2.45, 2.75) is 13.8 Å². The molecule has 8 nitrogen and oxygen atoms in total. The molecular weight excluding hydrogens is 202 g/mol. The highest BCUT2D eigenvalue weighted by Crippen LogP contribution is 1.73. The first-order chi connectivity index (χ1) is 6.91. The van der Waals surface area contributed by atoms with Crippen LogP contribution < -0.4 is 21.8 Å². The lowest BCUT2D eigenvalue weighted by molar-refractivity contribution is -0.117. The first-order valence-electron chi connectivity index (χ1n) is 4.06. The summed E-state index contributed by atoms with van der Waals surface area (Å²) in [5.41, 5.74) is 7.52. The summed E-state index contributed by atoms with van der Waals surface area (Å²) in [7, 11) is 0. The number of hydrazone groups is 1. The number of nitrogens with one attached hydrogen (secondary N) is 3. The topological polar surface area (TPSA) is 126 Å². The number of nitrogens with two attached hydrogens (primary N) is 1. The molecule has 0 atom stereocenters. The van der Waals surface area contributed by atoms with Gasteiger partial charge in [0.1, 0.15) is 0 Å². The van der Waals surface area contributed by atoms with Gasteiger partial charge < -0.3 is 11.1 Å². The number of hydrogen-bond acceptors (Lipinski definition) is 4. The molecule has 0 aliphatic carbocycles. The summed E-state index contributed by atoms with van der Waals surface area (Å²) in [6, 6.07) is -1.03. The minimum atomic E-state index is -0.633. The molecule has 0 bridgehead atoms. The zero-order chi connectivity index (χ0) is 11.8. The maximum absolute atomic E-state index is 10.1. The third-order valence-electron chi connectivity index (χ3n) is 1.05. The normalized spacial score (nSPS) is 12.9. The second kappa shape index (κ2) is 6.35. The van der Waals surface area contributed by atoms with Gasteiger partial charge in [0.2, 0.25) is 5.91 Å². The molecule has 1 heterocycles. The van der Waals surface area contributed by atoms with Gasteiger partial charge in [-0.25, -0.2) is 15.0 Å².